The number of rotatable bonds is 6. The third-order valence-corrected chi connectivity index (χ3v) is 6.47. The van der Waals surface area contributed by atoms with E-state index in [4.69, 9.17) is 5.73 Å². The predicted octanol–water partition coefficient (Wildman–Crippen LogP) is 2.83. The number of primary amides is 1. The molecule has 0 saturated carbocycles. The molecule has 118 valence electrons. The molecule has 1 aromatic heterocycles. The van der Waals surface area contributed by atoms with Crippen LogP contribution in [0.4, 0.5) is 5.00 Å². The van der Waals surface area contributed by atoms with Gasteiger partial charge in [0.25, 0.3) is 5.91 Å². The fraction of sp³-hybridized carbons (Fsp3) is 0.643. The molecule has 0 bridgehead atoms. The van der Waals surface area contributed by atoms with E-state index in [1.54, 1.807) is 0 Å². The summed E-state index contributed by atoms with van der Waals surface area (Å²) in [6, 6.07) is 0. The van der Waals surface area contributed by atoms with Crippen LogP contribution in [-0.4, -0.2) is 20.1 Å². The molecule has 1 aliphatic rings. The maximum absolute atomic E-state index is 12.1. The van der Waals surface area contributed by atoms with Crippen molar-refractivity contribution in [3.8, 4) is 0 Å². The molecule has 1 heterocycles. The van der Waals surface area contributed by atoms with Crippen molar-refractivity contribution in [2.75, 3.05) is 10.5 Å². The first-order chi connectivity index (χ1) is 9.85. The Bertz CT molecular complexity index is 635. The van der Waals surface area contributed by atoms with Gasteiger partial charge in [0.1, 0.15) is 5.00 Å². The minimum Gasteiger partial charge on any atom is -0.365 e. The molecule has 1 unspecified atom stereocenters. The van der Waals surface area contributed by atoms with E-state index in [9.17, 15) is 13.2 Å². The zero-order chi connectivity index (χ0) is 15.6. The van der Waals surface area contributed by atoms with Crippen LogP contribution >= 0.6 is 11.3 Å². The van der Waals surface area contributed by atoms with Gasteiger partial charge in [0.05, 0.1) is 11.3 Å². The minimum atomic E-state index is -3.42. The Morgan fingerprint density at radius 2 is 2.19 bits per heavy atom. The molecule has 2 rings (SSSR count). The number of carbonyl (C=O) groups is 1. The van der Waals surface area contributed by atoms with E-state index in [1.807, 2.05) is 6.92 Å². The van der Waals surface area contributed by atoms with Gasteiger partial charge in [0.15, 0.2) is 0 Å². The zero-order valence-electron chi connectivity index (χ0n) is 12.4. The van der Waals surface area contributed by atoms with E-state index >= 15 is 0 Å². The Labute approximate surface area is 130 Å². The van der Waals surface area contributed by atoms with Gasteiger partial charge in [0, 0.05) is 4.88 Å². The van der Waals surface area contributed by atoms with Crippen LogP contribution in [0, 0.1) is 0 Å². The first-order valence-corrected chi connectivity index (χ1v) is 9.78. The molecular formula is C14H22N2O3S2. The van der Waals surface area contributed by atoms with Gasteiger partial charge in [0.2, 0.25) is 10.0 Å². The monoisotopic (exact) mass is 330 g/mol. The van der Waals surface area contributed by atoms with Crippen molar-refractivity contribution in [1.82, 2.24) is 0 Å². The number of nitrogens with two attached hydrogens (primary N) is 1. The van der Waals surface area contributed by atoms with Gasteiger partial charge < -0.3 is 5.73 Å². The number of unbranched alkanes of at least 4 members (excludes halogenated alkanes) is 1. The number of nitrogens with one attached hydrogen (secondary N) is 1. The quantitative estimate of drug-likeness (QED) is 0.840. The second kappa shape index (κ2) is 6.36. The number of sulfonamides is 1. The molecule has 0 aliphatic heterocycles. The van der Waals surface area contributed by atoms with E-state index < -0.39 is 15.9 Å². The summed E-state index contributed by atoms with van der Waals surface area (Å²) in [5, 5.41) is 0.400. The Morgan fingerprint density at radius 1 is 1.48 bits per heavy atom. The summed E-state index contributed by atoms with van der Waals surface area (Å²) in [7, 11) is -3.42. The molecular weight excluding hydrogens is 308 g/mol. The number of hydrogen-bond acceptors (Lipinski definition) is 4. The Morgan fingerprint density at radius 3 is 2.81 bits per heavy atom. The molecule has 1 amide bonds. The zero-order valence-corrected chi connectivity index (χ0v) is 14.1. The average molecular weight is 330 g/mol. The van der Waals surface area contributed by atoms with Crippen molar-refractivity contribution in [2.45, 2.75) is 51.9 Å². The first kappa shape index (κ1) is 16.3. The average Bonchev–Trinajstić information content (AvgIpc) is 2.75. The highest BCUT2D eigenvalue weighted by atomic mass is 32.2. The van der Waals surface area contributed by atoms with Crippen LogP contribution in [0.15, 0.2) is 0 Å². The number of amides is 1. The molecule has 7 heteroatoms. The molecule has 1 aromatic rings. The fourth-order valence-corrected chi connectivity index (χ4v) is 5.68. The molecule has 5 nitrogen and oxygen atoms in total. The van der Waals surface area contributed by atoms with Crippen LogP contribution in [0.3, 0.4) is 0 Å². The number of anilines is 1. The largest absolute Gasteiger partial charge is 0.365 e. The van der Waals surface area contributed by atoms with E-state index in [1.165, 1.54) is 11.3 Å². The summed E-state index contributed by atoms with van der Waals surface area (Å²) in [5.74, 6) is -0.226. The topological polar surface area (TPSA) is 89.3 Å². The van der Waals surface area contributed by atoms with Crippen LogP contribution in [0.1, 0.15) is 66.2 Å². The van der Waals surface area contributed by atoms with Gasteiger partial charge >= 0.3 is 0 Å². The van der Waals surface area contributed by atoms with Crippen LogP contribution in [-0.2, 0) is 16.4 Å². The van der Waals surface area contributed by atoms with E-state index in [0.29, 0.717) is 17.0 Å². The molecule has 21 heavy (non-hydrogen) atoms. The summed E-state index contributed by atoms with van der Waals surface area (Å²) in [4.78, 5) is 12.9. The number of hydrogen-bond donors (Lipinski definition) is 2. The van der Waals surface area contributed by atoms with Crippen LogP contribution in [0.25, 0.3) is 0 Å². The standard InChI is InChI=1S/C14H22N2O3S2/c1-3-4-8-21(18,19)16-14-12(13(15)17)11-9(2)6-5-7-10(11)20-14/h9,16H,3-8H2,1-2H3,(H2,15,17). The molecule has 3 N–H and O–H groups in total. The van der Waals surface area contributed by atoms with Crippen LogP contribution in [0.5, 0.6) is 0 Å². The van der Waals surface area contributed by atoms with Crippen molar-refractivity contribution >= 4 is 32.3 Å². The van der Waals surface area contributed by atoms with Gasteiger partial charge in [-0.25, -0.2) is 8.42 Å². The highest BCUT2D eigenvalue weighted by Crippen LogP contribution is 2.43. The highest BCUT2D eigenvalue weighted by molar-refractivity contribution is 7.92. The van der Waals surface area contributed by atoms with Gasteiger partial charge in [-0.05, 0) is 37.2 Å². The molecule has 0 radical (unpaired) electrons. The SMILES string of the molecule is CCCCS(=O)(=O)Nc1sc2c(c1C(N)=O)C(C)CCC2. The second-order valence-corrected chi connectivity index (χ2v) is 8.52. The molecule has 0 saturated heterocycles. The molecule has 0 fully saturated rings. The minimum absolute atomic E-state index is 0.0693. The maximum atomic E-state index is 12.1. The van der Waals surface area contributed by atoms with E-state index in [0.717, 1.165) is 36.1 Å². The van der Waals surface area contributed by atoms with Crippen molar-refractivity contribution in [2.24, 2.45) is 5.73 Å². The smallest absolute Gasteiger partial charge is 0.252 e. The van der Waals surface area contributed by atoms with Crippen molar-refractivity contribution in [3.05, 3.63) is 16.0 Å². The van der Waals surface area contributed by atoms with Gasteiger partial charge in [-0.3, -0.25) is 9.52 Å². The lowest BCUT2D eigenvalue weighted by atomic mass is 9.86. The van der Waals surface area contributed by atoms with Crippen molar-refractivity contribution in [1.29, 1.82) is 0 Å². The molecule has 1 aliphatic carbocycles. The number of thiophene rings is 1. The maximum Gasteiger partial charge on any atom is 0.252 e. The third-order valence-electron chi connectivity index (χ3n) is 3.82. The van der Waals surface area contributed by atoms with E-state index in [-0.39, 0.29) is 11.7 Å². The molecule has 1 atom stereocenters. The van der Waals surface area contributed by atoms with Crippen LogP contribution in [0.2, 0.25) is 0 Å². The van der Waals surface area contributed by atoms with Gasteiger partial charge in [-0.1, -0.05) is 20.3 Å². The molecule has 0 spiro atoms. The summed E-state index contributed by atoms with van der Waals surface area (Å²) in [5.41, 5.74) is 6.83. The fourth-order valence-electron chi connectivity index (χ4n) is 2.75. The second-order valence-electron chi connectivity index (χ2n) is 5.58. The van der Waals surface area contributed by atoms with Crippen molar-refractivity contribution < 1.29 is 13.2 Å². The Kier molecular flexibility index (Phi) is 4.93. The third kappa shape index (κ3) is 3.58. The van der Waals surface area contributed by atoms with Gasteiger partial charge in [-0.2, -0.15) is 0 Å². The Hall–Kier alpha value is -1.08. The Balaban J connectivity index is 2.38. The van der Waals surface area contributed by atoms with E-state index in [2.05, 4.69) is 11.6 Å². The lowest BCUT2D eigenvalue weighted by molar-refractivity contribution is 0.1000. The first-order valence-electron chi connectivity index (χ1n) is 7.31. The summed E-state index contributed by atoms with van der Waals surface area (Å²) >= 11 is 1.36. The summed E-state index contributed by atoms with van der Waals surface area (Å²) < 4.78 is 26.7. The molecule has 0 aromatic carbocycles. The summed E-state index contributed by atoms with van der Waals surface area (Å²) in [6.07, 6.45) is 4.37. The van der Waals surface area contributed by atoms with Gasteiger partial charge in [-0.15, -0.1) is 11.3 Å². The number of carbonyl (C=O) groups excluding carboxylic acids is 1. The predicted molar refractivity (Wildman–Crippen MR) is 86.5 cm³/mol. The normalized spacial score (nSPS) is 18.3. The van der Waals surface area contributed by atoms with Crippen LogP contribution < -0.4 is 10.5 Å². The lowest BCUT2D eigenvalue weighted by Gasteiger charge is -2.19. The highest BCUT2D eigenvalue weighted by Gasteiger charge is 2.29. The lowest BCUT2D eigenvalue weighted by Crippen LogP contribution is -2.21. The summed E-state index contributed by atoms with van der Waals surface area (Å²) in [6.45, 7) is 4.00. The number of fused-ring (bicyclic) bond motifs is 1. The number of aryl methyl sites for hydroxylation is 1. The van der Waals surface area contributed by atoms with Crippen molar-refractivity contribution in [3.63, 3.8) is 0 Å².